The number of rotatable bonds is 9. The van der Waals surface area contributed by atoms with E-state index >= 15 is 0 Å². The molecule has 6 heteroatoms. The van der Waals surface area contributed by atoms with Crippen LogP contribution in [0, 0.1) is 0 Å². The number of esters is 1. The van der Waals surface area contributed by atoms with Gasteiger partial charge in [-0.15, -0.1) is 11.3 Å². The molecule has 1 saturated carbocycles. The molecule has 0 spiro atoms. The quantitative estimate of drug-likeness (QED) is 0.632. The molecule has 2 aromatic rings. The fraction of sp³-hybridized carbons (Fsp3) is 0.455. The van der Waals surface area contributed by atoms with E-state index in [2.05, 4.69) is 5.32 Å². The number of hydrogen-bond donors (Lipinski definition) is 1. The highest BCUT2D eigenvalue weighted by Crippen LogP contribution is 2.25. The number of ether oxygens (including phenoxy) is 2. The maximum atomic E-state index is 12.5. The van der Waals surface area contributed by atoms with Crippen LogP contribution in [0.4, 0.5) is 0 Å². The molecule has 3 rings (SSSR count). The number of thiophene rings is 1. The van der Waals surface area contributed by atoms with Gasteiger partial charge in [0.05, 0.1) is 25.7 Å². The molecule has 1 aliphatic carbocycles. The Morgan fingerprint density at radius 3 is 2.75 bits per heavy atom. The second-order valence-corrected chi connectivity index (χ2v) is 8.07. The fourth-order valence-corrected chi connectivity index (χ4v) is 4.24. The van der Waals surface area contributed by atoms with Crippen LogP contribution in [0.2, 0.25) is 0 Å². The molecule has 1 aromatic carbocycles. The Morgan fingerprint density at radius 1 is 1.21 bits per heavy atom. The first-order chi connectivity index (χ1) is 13.6. The average Bonchev–Trinajstić information content (AvgIpc) is 3.40. The van der Waals surface area contributed by atoms with E-state index in [1.54, 1.807) is 0 Å². The molecular formula is C22H27NO4S. The summed E-state index contributed by atoms with van der Waals surface area (Å²) in [4.78, 5) is 25.1. The molecule has 0 aliphatic heterocycles. The highest BCUT2D eigenvalue weighted by molar-refractivity contribution is 7.10. The standard InChI is InChI=1S/C22H27NO4S/c1-26-22(25)15-19(20-10-5-13-28-20)23-21(24)12-11-16-6-4-9-18(14-16)27-17-7-2-3-8-17/h4-6,9-10,13-14,17,19H,2-3,7-8,11-12,15H2,1H3,(H,23,24). The van der Waals surface area contributed by atoms with E-state index in [1.807, 2.05) is 41.8 Å². The number of carbonyl (C=O) groups excluding carboxylic acids is 2. The third-order valence-corrected chi connectivity index (χ3v) is 5.95. The Bertz CT molecular complexity index is 769. The Labute approximate surface area is 170 Å². The van der Waals surface area contributed by atoms with Gasteiger partial charge in [0.15, 0.2) is 0 Å². The van der Waals surface area contributed by atoms with E-state index in [9.17, 15) is 9.59 Å². The van der Waals surface area contributed by atoms with Gasteiger partial charge in [-0.05, 0) is 61.2 Å². The van der Waals surface area contributed by atoms with Crippen LogP contribution in [-0.4, -0.2) is 25.1 Å². The number of nitrogens with one attached hydrogen (secondary N) is 1. The molecule has 150 valence electrons. The normalized spacial score (nSPS) is 15.2. The van der Waals surface area contributed by atoms with Gasteiger partial charge in [0.2, 0.25) is 5.91 Å². The van der Waals surface area contributed by atoms with Crippen LogP contribution in [0.25, 0.3) is 0 Å². The Morgan fingerprint density at radius 2 is 2.04 bits per heavy atom. The van der Waals surface area contributed by atoms with Crippen molar-refractivity contribution >= 4 is 23.2 Å². The number of amides is 1. The molecular weight excluding hydrogens is 374 g/mol. The van der Waals surface area contributed by atoms with Gasteiger partial charge in [-0.25, -0.2) is 0 Å². The van der Waals surface area contributed by atoms with Gasteiger partial charge in [0.1, 0.15) is 5.75 Å². The van der Waals surface area contributed by atoms with Crippen molar-refractivity contribution in [2.75, 3.05) is 7.11 Å². The molecule has 0 bridgehead atoms. The van der Waals surface area contributed by atoms with Crippen LogP contribution in [0.3, 0.4) is 0 Å². The largest absolute Gasteiger partial charge is 0.490 e. The van der Waals surface area contributed by atoms with E-state index < -0.39 is 0 Å². The highest BCUT2D eigenvalue weighted by atomic mass is 32.1. The Balaban J connectivity index is 1.53. The summed E-state index contributed by atoms with van der Waals surface area (Å²) in [6, 6.07) is 11.5. The molecule has 0 saturated heterocycles. The second kappa shape index (κ2) is 10.3. The minimum absolute atomic E-state index is 0.0792. The molecule has 1 fully saturated rings. The van der Waals surface area contributed by atoms with Gasteiger partial charge >= 0.3 is 5.97 Å². The minimum atomic E-state index is -0.350. The van der Waals surface area contributed by atoms with Crippen molar-refractivity contribution in [3.05, 3.63) is 52.2 Å². The fourth-order valence-electron chi connectivity index (χ4n) is 3.46. The lowest BCUT2D eigenvalue weighted by atomic mass is 10.1. The average molecular weight is 402 g/mol. The Hall–Kier alpha value is -2.34. The summed E-state index contributed by atoms with van der Waals surface area (Å²) in [5, 5.41) is 4.90. The van der Waals surface area contributed by atoms with Gasteiger partial charge in [-0.1, -0.05) is 18.2 Å². The zero-order valence-corrected chi connectivity index (χ0v) is 17.0. The summed E-state index contributed by atoms with van der Waals surface area (Å²) >= 11 is 1.52. The van der Waals surface area contributed by atoms with E-state index in [1.165, 1.54) is 31.3 Å². The van der Waals surface area contributed by atoms with E-state index in [0.29, 0.717) is 18.9 Å². The number of benzene rings is 1. The topological polar surface area (TPSA) is 64.6 Å². The zero-order valence-electron chi connectivity index (χ0n) is 16.2. The van der Waals surface area contributed by atoms with Crippen LogP contribution >= 0.6 is 11.3 Å². The molecule has 28 heavy (non-hydrogen) atoms. The minimum Gasteiger partial charge on any atom is -0.490 e. The monoisotopic (exact) mass is 401 g/mol. The van der Waals surface area contributed by atoms with Crippen molar-refractivity contribution in [2.45, 2.75) is 57.1 Å². The maximum Gasteiger partial charge on any atom is 0.307 e. The van der Waals surface area contributed by atoms with E-state index in [4.69, 9.17) is 9.47 Å². The SMILES string of the molecule is COC(=O)CC(NC(=O)CCc1cccc(OC2CCCC2)c1)c1cccs1. The van der Waals surface area contributed by atoms with Crippen LogP contribution < -0.4 is 10.1 Å². The van der Waals surface area contributed by atoms with Crippen LogP contribution in [0.15, 0.2) is 41.8 Å². The molecule has 1 unspecified atom stereocenters. The summed E-state index contributed by atoms with van der Waals surface area (Å²) in [7, 11) is 1.36. The van der Waals surface area contributed by atoms with Crippen molar-refractivity contribution < 1.29 is 19.1 Å². The molecule has 1 amide bonds. The maximum absolute atomic E-state index is 12.5. The number of carbonyl (C=O) groups is 2. The van der Waals surface area contributed by atoms with Gasteiger partial charge in [0.25, 0.3) is 0 Å². The molecule has 1 aromatic heterocycles. The summed E-state index contributed by atoms with van der Waals surface area (Å²) in [6.45, 7) is 0. The lowest BCUT2D eigenvalue weighted by Gasteiger charge is -2.17. The molecule has 1 heterocycles. The molecule has 1 atom stereocenters. The third kappa shape index (κ3) is 6.09. The predicted octanol–water partition coefficient (Wildman–Crippen LogP) is 4.42. The first-order valence-corrected chi connectivity index (χ1v) is 10.7. The van der Waals surface area contributed by atoms with Gasteiger partial charge in [-0.2, -0.15) is 0 Å². The summed E-state index contributed by atoms with van der Waals surface area (Å²) in [6.07, 6.45) is 6.16. The summed E-state index contributed by atoms with van der Waals surface area (Å²) < 4.78 is 10.8. The predicted molar refractivity (Wildman–Crippen MR) is 109 cm³/mol. The van der Waals surface area contributed by atoms with E-state index in [-0.39, 0.29) is 24.3 Å². The highest BCUT2D eigenvalue weighted by Gasteiger charge is 2.20. The number of aryl methyl sites for hydroxylation is 1. The van der Waals surface area contributed by atoms with Crippen molar-refractivity contribution in [3.63, 3.8) is 0 Å². The molecule has 1 N–H and O–H groups in total. The first-order valence-electron chi connectivity index (χ1n) is 9.79. The third-order valence-electron chi connectivity index (χ3n) is 4.96. The zero-order chi connectivity index (χ0) is 19.8. The lowest BCUT2D eigenvalue weighted by Crippen LogP contribution is -2.30. The molecule has 1 aliphatic rings. The number of methoxy groups -OCH3 is 1. The van der Waals surface area contributed by atoms with Crippen LogP contribution in [0.1, 0.15) is 55.0 Å². The lowest BCUT2D eigenvalue weighted by molar-refractivity contribution is -0.141. The van der Waals surface area contributed by atoms with Crippen molar-refractivity contribution in [3.8, 4) is 5.75 Å². The van der Waals surface area contributed by atoms with Gasteiger partial charge in [-0.3, -0.25) is 9.59 Å². The van der Waals surface area contributed by atoms with Crippen molar-refractivity contribution in [1.29, 1.82) is 0 Å². The first kappa shape index (κ1) is 20.4. The van der Waals surface area contributed by atoms with Crippen LogP contribution in [-0.2, 0) is 20.7 Å². The van der Waals surface area contributed by atoms with Gasteiger partial charge < -0.3 is 14.8 Å². The summed E-state index contributed by atoms with van der Waals surface area (Å²) in [5.74, 6) is 0.465. The van der Waals surface area contributed by atoms with Gasteiger partial charge in [0, 0.05) is 11.3 Å². The number of hydrogen-bond acceptors (Lipinski definition) is 5. The van der Waals surface area contributed by atoms with E-state index in [0.717, 1.165) is 29.0 Å². The summed E-state index contributed by atoms with van der Waals surface area (Å²) in [5.41, 5.74) is 1.08. The van der Waals surface area contributed by atoms with Crippen molar-refractivity contribution in [2.24, 2.45) is 0 Å². The van der Waals surface area contributed by atoms with Crippen LogP contribution in [0.5, 0.6) is 5.75 Å². The smallest absolute Gasteiger partial charge is 0.307 e. The molecule has 5 nitrogen and oxygen atoms in total. The Kier molecular flexibility index (Phi) is 7.48. The van der Waals surface area contributed by atoms with Crippen molar-refractivity contribution in [1.82, 2.24) is 5.32 Å². The second-order valence-electron chi connectivity index (χ2n) is 7.09. The molecule has 0 radical (unpaired) electrons.